The Morgan fingerprint density at radius 3 is 2.42 bits per heavy atom. The Bertz CT molecular complexity index is 626. The van der Waals surface area contributed by atoms with Crippen molar-refractivity contribution in [2.45, 2.75) is 26.9 Å². The number of hydrogen-bond donors (Lipinski definition) is 1. The Balaban J connectivity index is 2.56. The molecule has 0 saturated heterocycles. The van der Waals surface area contributed by atoms with Crippen LogP contribution in [-0.2, 0) is 0 Å². The molecule has 0 bridgehead atoms. The fraction of sp³-hybridized carbons (Fsp3) is 0.267. The molecule has 0 spiro atoms. The first kappa shape index (κ1) is 13.6. The van der Waals surface area contributed by atoms with Gasteiger partial charge in [0, 0.05) is 6.20 Å². The highest BCUT2D eigenvalue weighted by molar-refractivity contribution is 5.36. The highest BCUT2D eigenvalue weighted by Crippen LogP contribution is 2.29. The summed E-state index contributed by atoms with van der Waals surface area (Å²) in [4.78, 5) is 4.08. The maximum atomic E-state index is 14.0. The fourth-order valence-electron chi connectivity index (χ4n) is 2.08. The van der Waals surface area contributed by atoms with E-state index in [0.717, 1.165) is 11.6 Å². The van der Waals surface area contributed by atoms with Crippen LogP contribution in [0.3, 0.4) is 0 Å². The predicted molar refractivity (Wildman–Crippen MR) is 68.9 cm³/mol. The number of pyridine rings is 1. The van der Waals surface area contributed by atoms with Crippen LogP contribution in [0.4, 0.5) is 8.78 Å². The molecule has 2 rings (SSSR count). The summed E-state index contributed by atoms with van der Waals surface area (Å²) in [6.45, 7) is 5.15. The lowest BCUT2D eigenvalue weighted by molar-refractivity contribution is 0.203. The van der Waals surface area contributed by atoms with Gasteiger partial charge in [0.15, 0.2) is 0 Å². The summed E-state index contributed by atoms with van der Waals surface area (Å²) in [5.41, 5.74) is 1.85. The van der Waals surface area contributed by atoms with Crippen molar-refractivity contribution in [3.63, 3.8) is 0 Å². The van der Waals surface area contributed by atoms with Gasteiger partial charge in [-0.3, -0.25) is 4.98 Å². The molecule has 1 unspecified atom stereocenters. The van der Waals surface area contributed by atoms with Crippen LogP contribution in [0.5, 0.6) is 0 Å². The molecule has 0 radical (unpaired) electrons. The molecular weight excluding hydrogens is 248 g/mol. The zero-order valence-corrected chi connectivity index (χ0v) is 11.0. The first-order valence-electron chi connectivity index (χ1n) is 5.97. The SMILES string of the molecule is Cc1cnc(C(O)c2c(F)ccc(C)c2F)c(C)c1. The number of rotatable bonds is 2. The molecule has 0 fully saturated rings. The monoisotopic (exact) mass is 263 g/mol. The van der Waals surface area contributed by atoms with E-state index >= 15 is 0 Å². The van der Waals surface area contributed by atoms with Gasteiger partial charge in [0.2, 0.25) is 0 Å². The molecule has 1 heterocycles. The summed E-state index contributed by atoms with van der Waals surface area (Å²) >= 11 is 0. The largest absolute Gasteiger partial charge is 0.382 e. The van der Waals surface area contributed by atoms with Gasteiger partial charge in [-0.1, -0.05) is 12.1 Å². The van der Waals surface area contributed by atoms with Crippen LogP contribution in [0.2, 0.25) is 0 Å². The Morgan fingerprint density at radius 1 is 1.11 bits per heavy atom. The Labute approximate surface area is 110 Å². The van der Waals surface area contributed by atoms with Crippen LogP contribution in [0.1, 0.15) is 34.1 Å². The average molecular weight is 263 g/mol. The highest BCUT2D eigenvalue weighted by atomic mass is 19.1. The first-order valence-corrected chi connectivity index (χ1v) is 5.97. The number of benzene rings is 1. The van der Waals surface area contributed by atoms with Crippen molar-refractivity contribution >= 4 is 0 Å². The minimum absolute atomic E-state index is 0.272. The smallest absolute Gasteiger partial charge is 0.135 e. The van der Waals surface area contributed by atoms with E-state index in [0.29, 0.717) is 11.1 Å². The average Bonchev–Trinajstić information content (AvgIpc) is 2.34. The number of aliphatic hydroxyl groups is 1. The van der Waals surface area contributed by atoms with Gasteiger partial charge in [-0.05, 0) is 43.5 Å². The van der Waals surface area contributed by atoms with Crippen LogP contribution in [-0.4, -0.2) is 10.1 Å². The topological polar surface area (TPSA) is 33.1 Å². The third-order valence-corrected chi connectivity index (χ3v) is 3.11. The fourth-order valence-corrected chi connectivity index (χ4v) is 2.08. The maximum Gasteiger partial charge on any atom is 0.135 e. The van der Waals surface area contributed by atoms with Crippen molar-refractivity contribution in [1.29, 1.82) is 0 Å². The number of halogens is 2. The molecule has 0 saturated carbocycles. The van der Waals surface area contributed by atoms with Gasteiger partial charge in [0.25, 0.3) is 0 Å². The molecule has 0 aliphatic rings. The maximum absolute atomic E-state index is 14.0. The summed E-state index contributed by atoms with van der Waals surface area (Å²) < 4.78 is 27.7. The molecule has 19 heavy (non-hydrogen) atoms. The van der Waals surface area contributed by atoms with Crippen LogP contribution in [0, 0.1) is 32.4 Å². The summed E-state index contributed by atoms with van der Waals surface area (Å²) in [7, 11) is 0. The summed E-state index contributed by atoms with van der Waals surface area (Å²) in [5.74, 6) is -1.49. The molecule has 1 atom stereocenters. The van der Waals surface area contributed by atoms with Gasteiger partial charge in [0.1, 0.15) is 17.7 Å². The van der Waals surface area contributed by atoms with Gasteiger partial charge >= 0.3 is 0 Å². The minimum atomic E-state index is -1.40. The van der Waals surface area contributed by atoms with Crippen molar-refractivity contribution in [2.24, 2.45) is 0 Å². The van der Waals surface area contributed by atoms with Crippen LogP contribution < -0.4 is 0 Å². The molecule has 2 aromatic rings. The first-order chi connectivity index (χ1) is 8.91. The molecule has 0 aliphatic carbocycles. The second-order valence-corrected chi connectivity index (χ2v) is 4.71. The highest BCUT2D eigenvalue weighted by Gasteiger charge is 2.23. The Hall–Kier alpha value is -1.81. The summed E-state index contributed by atoms with van der Waals surface area (Å²) in [6.07, 6.45) is 0.164. The van der Waals surface area contributed by atoms with Gasteiger partial charge in [0.05, 0.1) is 11.3 Å². The van der Waals surface area contributed by atoms with Crippen LogP contribution in [0.25, 0.3) is 0 Å². The minimum Gasteiger partial charge on any atom is -0.382 e. The molecule has 2 nitrogen and oxygen atoms in total. The van der Waals surface area contributed by atoms with Crippen molar-refractivity contribution in [1.82, 2.24) is 4.98 Å². The molecule has 100 valence electrons. The van der Waals surface area contributed by atoms with Crippen molar-refractivity contribution in [2.75, 3.05) is 0 Å². The Kier molecular flexibility index (Phi) is 3.62. The lowest BCUT2D eigenvalue weighted by Crippen LogP contribution is -2.10. The van der Waals surface area contributed by atoms with Crippen LogP contribution in [0.15, 0.2) is 24.4 Å². The number of aromatic nitrogens is 1. The zero-order valence-electron chi connectivity index (χ0n) is 11.0. The van der Waals surface area contributed by atoms with E-state index in [1.165, 1.54) is 13.0 Å². The van der Waals surface area contributed by atoms with Gasteiger partial charge < -0.3 is 5.11 Å². The van der Waals surface area contributed by atoms with E-state index < -0.39 is 17.7 Å². The second kappa shape index (κ2) is 5.05. The molecular formula is C15H15F2NO. The molecule has 1 N–H and O–H groups in total. The molecule has 4 heteroatoms. The normalized spacial score (nSPS) is 12.5. The lowest BCUT2D eigenvalue weighted by atomic mass is 9.99. The van der Waals surface area contributed by atoms with E-state index in [-0.39, 0.29) is 11.3 Å². The number of nitrogens with zero attached hydrogens (tertiary/aromatic N) is 1. The van der Waals surface area contributed by atoms with E-state index in [2.05, 4.69) is 4.98 Å². The van der Waals surface area contributed by atoms with E-state index in [1.807, 2.05) is 13.0 Å². The van der Waals surface area contributed by atoms with Gasteiger partial charge in [-0.15, -0.1) is 0 Å². The van der Waals surface area contributed by atoms with Crippen molar-refractivity contribution < 1.29 is 13.9 Å². The standard InChI is InChI=1S/C15H15F2NO/c1-8-6-10(3)14(18-7-8)15(19)12-11(16)5-4-9(2)13(12)17/h4-7,15,19H,1-3H3. The third-order valence-electron chi connectivity index (χ3n) is 3.11. The van der Waals surface area contributed by atoms with Crippen molar-refractivity contribution in [3.05, 3.63) is 64.0 Å². The summed E-state index contributed by atoms with van der Waals surface area (Å²) in [5, 5.41) is 10.2. The Morgan fingerprint density at radius 2 is 1.79 bits per heavy atom. The zero-order chi connectivity index (χ0) is 14.2. The van der Waals surface area contributed by atoms with E-state index in [4.69, 9.17) is 0 Å². The molecule has 0 aliphatic heterocycles. The lowest BCUT2D eigenvalue weighted by Gasteiger charge is -2.16. The molecule has 0 amide bonds. The number of hydrogen-bond acceptors (Lipinski definition) is 2. The van der Waals surface area contributed by atoms with E-state index in [9.17, 15) is 13.9 Å². The van der Waals surface area contributed by atoms with E-state index in [1.54, 1.807) is 13.1 Å². The second-order valence-electron chi connectivity index (χ2n) is 4.71. The third kappa shape index (κ3) is 2.49. The quantitative estimate of drug-likeness (QED) is 0.901. The number of aliphatic hydroxyl groups excluding tert-OH is 1. The molecule has 1 aromatic carbocycles. The van der Waals surface area contributed by atoms with Gasteiger partial charge in [-0.25, -0.2) is 8.78 Å². The predicted octanol–water partition coefficient (Wildman–Crippen LogP) is 3.37. The van der Waals surface area contributed by atoms with Crippen LogP contribution >= 0.6 is 0 Å². The number of aryl methyl sites for hydroxylation is 3. The van der Waals surface area contributed by atoms with Crippen molar-refractivity contribution in [3.8, 4) is 0 Å². The molecule has 1 aromatic heterocycles. The summed E-state index contributed by atoms with van der Waals surface area (Å²) in [6, 6.07) is 4.31. The van der Waals surface area contributed by atoms with Gasteiger partial charge in [-0.2, -0.15) is 0 Å².